The van der Waals surface area contributed by atoms with Gasteiger partial charge in [-0.15, -0.1) is 0 Å². The summed E-state index contributed by atoms with van der Waals surface area (Å²) in [5.41, 5.74) is 1.14. The maximum absolute atomic E-state index is 4.99. The van der Waals surface area contributed by atoms with Gasteiger partial charge in [0.05, 0.1) is 0 Å². The van der Waals surface area contributed by atoms with Crippen LogP contribution < -0.4 is 0 Å². The van der Waals surface area contributed by atoms with Crippen LogP contribution in [0.25, 0.3) is 0 Å². The third-order valence-electron chi connectivity index (χ3n) is 1.38. The molecule has 1 rings (SSSR count). The van der Waals surface area contributed by atoms with Crippen LogP contribution in [-0.2, 0) is 0 Å². The zero-order valence-electron chi connectivity index (χ0n) is 5.76. The Morgan fingerprint density at radius 1 is 1.50 bits per heavy atom. The Labute approximate surface area is 71.6 Å². The summed E-state index contributed by atoms with van der Waals surface area (Å²) in [6.45, 7) is 1.93. The molecule has 0 unspecified atom stereocenters. The first-order chi connectivity index (χ1) is 4.70. The van der Waals surface area contributed by atoms with Crippen LogP contribution in [0.15, 0.2) is 23.8 Å². The lowest BCUT2D eigenvalue weighted by atomic mass is 10.1. The van der Waals surface area contributed by atoms with Crippen LogP contribution in [0.2, 0.25) is 0 Å². The van der Waals surface area contributed by atoms with Crippen molar-refractivity contribution in [3.63, 3.8) is 0 Å². The molecule has 2 heteroatoms. The van der Waals surface area contributed by atoms with Gasteiger partial charge in [-0.3, -0.25) is 0 Å². The Balaban J connectivity index is 2.77. The highest BCUT2D eigenvalue weighted by Crippen LogP contribution is 2.09. The molecular weight excluding hydrogens is 160 g/mol. The minimum absolute atomic E-state index is 0.870. The molecule has 0 aromatic carbocycles. The Bertz CT molecular complexity index is 234. The van der Waals surface area contributed by atoms with E-state index in [2.05, 4.69) is 6.08 Å². The number of hydrogen-bond acceptors (Lipinski definition) is 2. The van der Waals surface area contributed by atoms with Gasteiger partial charge in [-0.2, -0.15) is 0 Å². The zero-order valence-corrected chi connectivity index (χ0v) is 7.39. The van der Waals surface area contributed by atoms with Crippen molar-refractivity contribution >= 4 is 34.2 Å². The maximum atomic E-state index is 4.99. The van der Waals surface area contributed by atoms with Crippen molar-refractivity contribution in [1.29, 1.82) is 0 Å². The van der Waals surface area contributed by atoms with E-state index in [-0.39, 0.29) is 0 Å². The zero-order chi connectivity index (χ0) is 7.56. The monoisotopic (exact) mass is 168 g/mol. The highest BCUT2D eigenvalue weighted by atomic mass is 32.1. The van der Waals surface area contributed by atoms with Gasteiger partial charge < -0.3 is 0 Å². The third-order valence-corrected chi connectivity index (χ3v) is 1.92. The highest BCUT2D eigenvalue weighted by molar-refractivity contribution is 7.81. The smallest absolute Gasteiger partial charge is 0.0190 e. The van der Waals surface area contributed by atoms with E-state index in [4.69, 9.17) is 24.4 Å². The quantitative estimate of drug-likeness (QED) is 0.552. The topological polar surface area (TPSA) is 0 Å². The fraction of sp³-hybridized carbons (Fsp3) is 0.250. The minimum atomic E-state index is 0.870. The predicted octanol–water partition coefficient (Wildman–Crippen LogP) is 2.63. The fourth-order valence-electron chi connectivity index (χ4n) is 0.790. The molecule has 0 N–H and O–H groups in total. The summed E-state index contributed by atoms with van der Waals surface area (Å²) in [5, 5.41) is 0. The predicted molar refractivity (Wildman–Crippen MR) is 52.7 cm³/mol. The van der Waals surface area contributed by atoms with Crippen molar-refractivity contribution in [2.24, 2.45) is 0 Å². The summed E-state index contributed by atoms with van der Waals surface area (Å²) in [6.07, 6.45) is 6.87. The summed E-state index contributed by atoms with van der Waals surface area (Å²) in [6, 6.07) is 0. The standard InChI is InChI=1S/C8H8S2/c1-6(9)7-2-4-8(10)5-3-7/h2-4H,5H2,1H3. The molecule has 52 valence electrons. The van der Waals surface area contributed by atoms with Crippen molar-refractivity contribution in [1.82, 2.24) is 0 Å². The summed E-state index contributed by atoms with van der Waals surface area (Å²) in [5.74, 6) is 0. The fourth-order valence-corrected chi connectivity index (χ4v) is 1.09. The first kappa shape index (κ1) is 7.76. The van der Waals surface area contributed by atoms with Crippen molar-refractivity contribution < 1.29 is 0 Å². The minimum Gasteiger partial charge on any atom is -0.0846 e. The highest BCUT2D eigenvalue weighted by Gasteiger charge is 2.00. The first-order valence-electron chi connectivity index (χ1n) is 3.12. The van der Waals surface area contributed by atoms with E-state index in [1.54, 1.807) is 0 Å². The van der Waals surface area contributed by atoms with Crippen LogP contribution in [0.3, 0.4) is 0 Å². The molecule has 1 aliphatic carbocycles. The summed E-state index contributed by atoms with van der Waals surface area (Å²) in [4.78, 5) is 1.93. The number of hydrogen-bond donors (Lipinski definition) is 0. The first-order valence-corrected chi connectivity index (χ1v) is 3.94. The molecule has 0 saturated heterocycles. The van der Waals surface area contributed by atoms with E-state index in [1.165, 1.54) is 0 Å². The molecule has 0 nitrogen and oxygen atoms in total. The molecule has 0 amide bonds. The van der Waals surface area contributed by atoms with Crippen LogP contribution in [-0.4, -0.2) is 9.73 Å². The molecule has 0 fully saturated rings. The summed E-state index contributed by atoms with van der Waals surface area (Å²) >= 11 is 9.96. The van der Waals surface area contributed by atoms with E-state index in [1.807, 2.05) is 19.1 Å². The Morgan fingerprint density at radius 2 is 2.20 bits per heavy atom. The lowest BCUT2D eigenvalue weighted by Crippen LogP contribution is -1.98. The Kier molecular flexibility index (Phi) is 2.46. The molecule has 10 heavy (non-hydrogen) atoms. The van der Waals surface area contributed by atoms with Gasteiger partial charge in [0, 0.05) is 16.1 Å². The van der Waals surface area contributed by atoms with Crippen LogP contribution in [0.1, 0.15) is 13.3 Å². The number of allylic oxidation sites excluding steroid dienone is 4. The molecule has 1 aliphatic rings. The average molecular weight is 168 g/mol. The molecule has 0 bridgehead atoms. The normalized spacial score (nSPS) is 16.9. The van der Waals surface area contributed by atoms with E-state index in [9.17, 15) is 0 Å². The van der Waals surface area contributed by atoms with Crippen molar-refractivity contribution in [3.8, 4) is 0 Å². The molecule has 0 aliphatic heterocycles. The molecule has 0 atom stereocenters. The number of thiocarbonyl (C=S) groups is 2. The molecule has 0 radical (unpaired) electrons. The summed E-state index contributed by atoms with van der Waals surface area (Å²) in [7, 11) is 0. The van der Waals surface area contributed by atoms with Crippen molar-refractivity contribution in [2.75, 3.05) is 0 Å². The second-order valence-electron chi connectivity index (χ2n) is 2.22. The van der Waals surface area contributed by atoms with Gasteiger partial charge in [-0.05, 0) is 18.6 Å². The second kappa shape index (κ2) is 3.17. The van der Waals surface area contributed by atoms with Gasteiger partial charge in [-0.1, -0.05) is 36.6 Å². The van der Waals surface area contributed by atoms with E-state index < -0.39 is 0 Å². The molecule has 0 saturated carbocycles. The van der Waals surface area contributed by atoms with Gasteiger partial charge in [0.25, 0.3) is 0 Å². The molecular formula is C8H8S2. The third kappa shape index (κ3) is 1.82. The van der Waals surface area contributed by atoms with Gasteiger partial charge in [-0.25, -0.2) is 0 Å². The lowest BCUT2D eigenvalue weighted by Gasteiger charge is -2.04. The summed E-state index contributed by atoms with van der Waals surface area (Å²) < 4.78 is 0. The Morgan fingerprint density at radius 3 is 2.60 bits per heavy atom. The second-order valence-corrected chi connectivity index (χ2v) is 3.36. The number of rotatable bonds is 1. The Hall–Kier alpha value is -0.340. The largest absolute Gasteiger partial charge is 0.0846 e. The van der Waals surface area contributed by atoms with Crippen LogP contribution in [0.5, 0.6) is 0 Å². The van der Waals surface area contributed by atoms with Crippen LogP contribution in [0.4, 0.5) is 0 Å². The van der Waals surface area contributed by atoms with E-state index >= 15 is 0 Å². The van der Waals surface area contributed by atoms with Gasteiger partial charge in [0.1, 0.15) is 0 Å². The van der Waals surface area contributed by atoms with Gasteiger partial charge in [0.2, 0.25) is 0 Å². The van der Waals surface area contributed by atoms with Crippen molar-refractivity contribution in [3.05, 3.63) is 23.8 Å². The molecule has 0 aromatic heterocycles. The SMILES string of the molecule is CC(=S)C1=CCC(=S)C=C1. The maximum Gasteiger partial charge on any atom is 0.0190 e. The van der Waals surface area contributed by atoms with Gasteiger partial charge >= 0.3 is 0 Å². The van der Waals surface area contributed by atoms with E-state index in [0.717, 1.165) is 21.7 Å². The molecule has 0 heterocycles. The average Bonchev–Trinajstić information content (AvgIpc) is 1.88. The van der Waals surface area contributed by atoms with E-state index in [0.29, 0.717) is 0 Å². The van der Waals surface area contributed by atoms with Crippen molar-refractivity contribution in [2.45, 2.75) is 13.3 Å². The van der Waals surface area contributed by atoms with Gasteiger partial charge in [0.15, 0.2) is 0 Å². The lowest BCUT2D eigenvalue weighted by molar-refractivity contribution is 1.47. The van der Waals surface area contributed by atoms with Crippen LogP contribution in [0, 0.1) is 0 Å². The molecule has 0 aromatic rings. The van der Waals surface area contributed by atoms with Crippen LogP contribution >= 0.6 is 24.4 Å². The molecule has 0 spiro atoms.